The molecule has 1 N–H and O–H groups in total. The van der Waals surface area contributed by atoms with Crippen LogP contribution in [0.25, 0.3) is 5.82 Å². The van der Waals surface area contributed by atoms with Gasteiger partial charge in [0, 0.05) is 33.2 Å². The van der Waals surface area contributed by atoms with Gasteiger partial charge in [0.05, 0.1) is 6.20 Å². The number of aryl methyl sites for hydroxylation is 1. The standard InChI is InChI=1S/C12H16FN7O/c1-8-17-20(12(21)18(8)2)10-9(13)7-15-11(16-10)19-5-3-14-4-6-19/h7,14H,3-6H2,1-2H3. The summed E-state index contributed by atoms with van der Waals surface area (Å²) < 4.78 is 16.3. The maximum atomic E-state index is 14.0. The van der Waals surface area contributed by atoms with Gasteiger partial charge in [-0.3, -0.25) is 4.57 Å². The number of halogens is 1. The Morgan fingerprint density at radius 3 is 2.67 bits per heavy atom. The summed E-state index contributed by atoms with van der Waals surface area (Å²) in [5.41, 5.74) is -0.434. The lowest BCUT2D eigenvalue weighted by atomic mass is 10.4. The molecular weight excluding hydrogens is 277 g/mol. The van der Waals surface area contributed by atoms with Crippen molar-refractivity contribution in [2.45, 2.75) is 6.92 Å². The van der Waals surface area contributed by atoms with Gasteiger partial charge in [0.25, 0.3) is 0 Å². The molecular formula is C12H16FN7O. The average Bonchev–Trinajstić information content (AvgIpc) is 2.76. The molecule has 0 bridgehead atoms. The van der Waals surface area contributed by atoms with Crippen LogP contribution in [0.15, 0.2) is 11.0 Å². The van der Waals surface area contributed by atoms with Crippen LogP contribution < -0.4 is 15.9 Å². The Kier molecular flexibility index (Phi) is 3.42. The molecule has 1 fully saturated rings. The number of nitrogens with zero attached hydrogens (tertiary/aromatic N) is 6. The fourth-order valence-corrected chi connectivity index (χ4v) is 2.19. The Bertz CT molecular complexity index is 717. The van der Waals surface area contributed by atoms with E-state index in [4.69, 9.17) is 0 Å². The number of anilines is 1. The predicted octanol–water partition coefficient (Wildman–Crippen LogP) is -0.782. The first-order valence-corrected chi connectivity index (χ1v) is 6.69. The number of hydrogen-bond donors (Lipinski definition) is 1. The zero-order valence-electron chi connectivity index (χ0n) is 11.9. The summed E-state index contributed by atoms with van der Waals surface area (Å²) in [5, 5.41) is 7.25. The fraction of sp³-hybridized carbons (Fsp3) is 0.500. The lowest BCUT2D eigenvalue weighted by molar-refractivity contribution is 0.563. The van der Waals surface area contributed by atoms with Gasteiger partial charge < -0.3 is 10.2 Å². The van der Waals surface area contributed by atoms with E-state index in [0.29, 0.717) is 11.8 Å². The van der Waals surface area contributed by atoms with Crippen LogP contribution in [-0.4, -0.2) is 50.5 Å². The minimum absolute atomic E-state index is 0.118. The third-order valence-corrected chi connectivity index (χ3v) is 3.51. The lowest BCUT2D eigenvalue weighted by Gasteiger charge is -2.27. The average molecular weight is 293 g/mol. The Balaban J connectivity index is 2.05. The van der Waals surface area contributed by atoms with Gasteiger partial charge in [-0.1, -0.05) is 0 Å². The summed E-state index contributed by atoms with van der Waals surface area (Å²) in [5.74, 6) is 0.103. The van der Waals surface area contributed by atoms with Crippen LogP contribution in [0.1, 0.15) is 5.82 Å². The van der Waals surface area contributed by atoms with Gasteiger partial charge in [-0.15, -0.1) is 5.10 Å². The predicted molar refractivity (Wildman–Crippen MR) is 74.2 cm³/mol. The van der Waals surface area contributed by atoms with Crippen molar-refractivity contribution >= 4 is 5.95 Å². The van der Waals surface area contributed by atoms with Gasteiger partial charge in [0.1, 0.15) is 5.82 Å². The first kappa shape index (κ1) is 13.7. The van der Waals surface area contributed by atoms with E-state index in [-0.39, 0.29) is 5.82 Å². The smallest absolute Gasteiger partial charge is 0.338 e. The van der Waals surface area contributed by atoms with Crippen molar-refractivity contribution in [2.24, 2.45) is 7.05 Å². The molecule has 1 aliphatic rings. The van der Waals surface area contributed by atoms with Crippen molar-refractivity contribution in [3.8, 4) is 5.82 Å². The van der Waals surface area contributed by atoms with Crippen molar-refractivity contribution < 1.29 is 4.39 Å². The van der Waals surface area contributed by atoms with Crippen LogP contribution in [-0.2, 0) is 7.05 Å². The molecule has 0 spiro atoms. The van der Waals surface area contributed by atoms with E-state index in [0.717, 1.165) is 37.1 Å². The number of hydrogen-bond acceptors (Lipinski definition) is 6. The van der Waals surface area contributed by atoms with E-state index in [1.54, 1.807) is 14.0 Å². The minimum Gasteiger partial charge on any atom is -0.338 e. The maximum Gasteiger partial charge on any atom is 0.352 e. The Morgan fingerprint density at radius 2 is 2.05 bits per heavy atom. The van der Waals surface area contributed by atoms with Crippen LogP contribution in [0.3, 0.4) is 0 Å². The number of piperazine rings is 1. The van der Waals surface area contributed by atoms with Crippen molar-refractivity contribution in [3.05, 3.63) is 28.3 Å². The van der Waals surface area contributed by atoms with Gasteiger partial charge >= 0.3 is 5.69 Å². The van der Waals surface area contributed by atoms with E-state index in [9.17, 15) is 9.18 Å². The molecule has 1 saturated heterocycles. The molecule has 112 valence electrons. The molecule has 2 aromatic rings. The van der Waals surface area contributed by atoms with Gasteiger partial charge in [0.2, 0.25) is 5.95 Å². The molecule has 0 aliphatic carbocycles. The van der Waals surface area contributed by atoms with Crippen LogP contribution in [0.2, 0.25) is 0 Å². The van der Waals surface area contributed by atoms with Gasteiger partial charge in [-0.25, -0.2) is 14.2 Å². The van der Waals surface area contributed by atoms with E-state index < -0.39 is 11.5 Å². The normalized spacial score (nSPS) is 15.5. The van der Waals surface area contributed by atoms with E-state index >= 15 is 0 Å². The summed E-state index contributed by atoms with van der Waals surface area (Å²) in [6, 6.07) is 0. The topological polar surface area (TPSA) is 80.9 Å². The molecule has 0 radical (unpaired) electrons. The Hall–Kier alpha value is -2.29. The summed E-state index contributed by atoms with van der Waals surface area (Å²) >= 11 is 0. The summed E-state index contributed by atoms with van der Waals surface area (Å²) in [6.45, 7) is 4.79. The molecule has 8 nitrogen and oxygen atoms in total. The zero-order chi connectivity index (χ0) is 15.0. The molecule has 9 heteroatoms. The first-order chi connectivity index (χ1) is 10.1. The van der Waals surface area contributed by atoms with Gasteiger partial charge in [-0.2, -0.15) is 9.67 Å². The monoisotopic (exact) mass is 293 g/mol. The molecule has 0 atom stereocenters. The van der Waals surface area contributed by atoms with Crippen LogP contribution in [0.4, 0.5) is 10.3 Å². The van der Waals surface area contributed by atoms with Crippen LogP contribution in [0.5, 0.6) is 0 Å². The largest absolute Gasteiger partial charge is 0.352 e. The third-order valence-electron chi connectivity index (χ3n) is 3.51. The van der Waals surface area contributed by atoms with E-state index in [1.165, 1.54) is 4.57 Å². The van der Waals surface area contributed by atoms with E-state index in [1.807, 2.05) is 4.90 Å². The van der Waals surface area contributed by atoms with Gasteiger partial charge in [0.15, 0.2) is 11.6 Å². The molecule has 0 saturated carbocycles. The van der Waals surface area contributed by atoms with Crippen molar-refractivity contribution in [2.75, 3.05) is 31.1 Å². The number of nitrogens with one attached hydrogen (secondary N) is 1. The summed E-state index contributed by atoms with van der Waals surface area (Å²) in [7, 11) is 1.58. The molecule has 0 unspecified atom stereocenters. The van der Waals surface area contributed by atoms with Crippen molar-refractivity contribution in [3.63, 3.8) is 0 Å². The second-order valence-electron chi connectivity index (χ2n) is 4.88. The second kappa shape index (κ2) is 5.24. The van der Waals surface area contributed by atoms with E-state index in [2.05, 4.69) is 20.4 Å². The Labute approximate surface area is 120 Å². The molecule has 0 aromatic carbocycles. The summed E-state index contributed by atoms with van der Waals surface area (Å²) in [6.07, 6.45) is 1.08. The minimum atomic E-state index is -0.672. The number of rotatable bonds is 2. The highest BCUT2D eigenvalue weighted by atomic mass is 19.1. The highest BCUT2D eigenvalue weighted by molar-refractivity contribution is 5.36. The summed E-state index contributed by atoms with van der Waals surface area (Å²) in [4.78, 5) is 22.2. The quantitative estimate of drug-likeness (QED) is 0.782. The zero-order valence-corrected chi connectivity index (χ0v) is 11.9. The van der Waals surface area contributed by atoms with Gasteiger partial charge in [-0.05, 0) is 6.92 Å². The molecule has 2 aromatic heterocycles. The second-order valence-corrected chi connectivity index (χ2v) is 4.88. The lowest BCUT2D eigenvalue weighted by Crippen LogP contribution is -2.44. The first-order valence-electron chi connectivity index (χ1n) is 6.69. The van der Waals surface area contributed by atoms with Crippen molar-refractivity contribution in [1.29, 1.82) is 0 Å². The van der Waals surface area contributed by atoms with Crippen LogP contribution in [0, 0.1) is 12.7 Å². The molecule has 1 aliphatic heterocycles. The third kappa shape index (κ3) is 2.40. The SMILES string of the molecule is Cc1nn(-c2nc(N3CCNCC3)ncc2F)c(=O)n1C. The maximum absolute atomic E-state index is 14.0. The van der Waals surface area contributed by atoms with Crippen molar-refractivity contribution in [1.82, 2.24) is 29.6 Å². The Morgan fingerprint density at radius 1 is 1.33 bits per heavy atom. The highest BCUT2D eigenvalue weighted by Crippen LogP contribution is 2.13. The molecule has 3 rings (SSSR count). The molecule has 3 heterocycles. The molecule has 21 heavy (non-hydrogen) atoms. The fourth-order valence-electron chi connectivity index (χ4n) is 2.19. The number of aromatic nitrogens is 5. The van der Waals surface area contributed by atoms with Crippen LogP contribution >= 0.6 is 0 Å². The highest BCUT2D eigenvalue weighted by Gasteiger charge is 2.19. The molecule has 0 amide bonds.